The molecule has 2 heterocycles. The molecule has 0 spiro atoms. The molecule has 0 saturated heterocycles. The third-order valence-electron chi connectivity index (χ3n) is 9.58. The van der Waals surface area contributed by atoms with Gasteiger partial charge in [-0.25, -0.2) is 4.98 Å². The van der Waals surface area contributed by atoms with Crippen molar-refractivity contribution in [2.24, 2.45) is 0 Å². The number of imidazole rings is 1. The lowest BCUT2D eigenvalue weighted by molar-refractivity contribution is 0.487. The molecule has 0 aliphatic carbocycles. The van der Waals surface area contributed by atoms with Gasteiger partial charge in [-0.15, -0.1) is 0 Å². The van der Waals surface area contributed by atoms with Crippen LogP contribution >= 0.6 is 0 Å². The highest BCUT2D eigenvalue weighted by molar-refractivity contribution is 6.10. The zero-order chi connectivity index (χ0) is 31.6. The van der Waals surface area contributed by atoms with E-state index in [1.54, 1.807) is 0 Å². The molecule has 0 unspecified atom stereocenters. The Kier molecular flexibility index (Phi) is 5.87. The second kappa shape index (κ2) is 10.5. The summed E-state index contributed by atoms with van der Waals surface area (Å²) in [7, 11) is 0. The molecule has 1 aliphatic rings. The van der Waals surface area contributed by atoms with Gasteiger partial charge in [-0.1, -0.05) is 121 Å². The van der Waals surface area contributed by atoms with Gasteiger partial charge >= 0.3 is 0 Å². The average Bonchev–Trinajstić information content (AvgIpc) is 3.55. The molecule has 0 atom stereocenters. The van der Waals surface area contributed by atoms with Gasteiger partial charge in [0.2, 0.25) is 0 Å². The normalized spacial score (nSPS) is 11.9. The van der Waals surface area contributed by atoms with E-state index in [1.807, 2.05) is 24.3 Å². The van der Waals surface area contributed by atoms with Crippen molar-refractivity contribution >= 4 is 32.6 Å². The molecule has 0 bridgehead atoms. The Balaban J connectivity index is 1.05. The van der Waals surface area contributed by atoms with E-state index < -0.39 is 0 Å². The van der Waals surface area contributed by atoms with Crippen LogP contribution in [0.25, 0.3) is 83.0 Å². The summed E-state index contributed by atoms with van der Waals surface area (Å²) in [6, 6.07) is 60.3. The number of hydrogen-bond acceptors (Lipinski definition) is 2. The van der Waals surface area contributed by atoms with Crippen molar-refractivity contribution in [3.63, 3.8) is 0 Å². The highest BCUT2D eigenvalue weighted by Crippen LogP contribution is 2.48. The van der Waals surface area contributed by atoms with Crippen LogP contribution in [0.5, 0.6) is 11.5 Å². The molecular weight excluding hydrogens is 585 g/mol. The number of ether oxygens (including phenoxy) is 1. The Labute approximate surface area is 278 Å². The fourth-order valence-electron chi connectivity index (χ4n) is 7.32. The second-order valence-electron chi connectivity index (χ2n) is 12.4. The van der Waals surface area contributed by atoms with E-state index in [2.05, 4.69) is 150 Å². The SMILES string of the molecule is c1ccc(-c2nc3ccccc3n2-c2cccc(-c3ccc4cc(-c5ccc6c7c(cccc57)-c5ccccc5O6)ccc4c3)c2)cc1. The number of benzene rings is 8. The van der Waals surface area contributed by atoms with E-state index >= 15 is 0 Å². The third-order valence-corrected chi connectivity index (χ3v) is 9.58. The molecule has 0 fully saturated rings. The Bertz CT molecular complexity index is 2700. The maximum Gasteiger partial charge on any atom is 0.145 e. The molecule has 0 saturated carbocycles. The minimum Gasteiger partial charge on any atom is -0.456 e. The summed E-state index contributed by atoms with van der Waals surface area (Å²) in [5, 5.41) is 4.79. The standard InChI is InChI=1S/C45H28N2O/c1-2-10-29(11-3-1)45-46-40-17-5-6-18-41(40)47(45)35-13-8-12-30(28-35)31-20-21-33-27-34(23-22-32(33)26-31)36-24-25-43-44-38(36)15-9-16-39(44)37-14-4-7-19-42(37)48-43/h1-28H. The number of nitrogens with zero attached hydrogens (tertiary/aromatic N) is 2. The Morgan fingerprint density at radius 1 is 0.438 bits per heavy atom. The zero-order valence-corrected chi connectivity index (χ0v) is 26.0. The van der Waals surface area contributed by atoms with Gasteiger partial charge in [-0.05, 0) is 92.5 Å². The third kappa shape index (κ3) is 4.18. The Hall–Kier alpha value is -6.45. The monoisotopic (exact) mass is 612 g/mol. The van der Waals surface area contributed by atoms with Gasteiger partial charge in [-0.3, -0.25) is 4.57 Å². The van der Waals surface area contributed by atoms with Gasteiger partial charge in [0.15, 0.2) is 0 Å². The zero-order valence-electron chi connectivity index (χ0n) is 26.0. The van der Waals surface area contributed by atoms with Crippen LogP contribution in [0.4, 0.5) is 0 Å². The minimum absolute atomic E-state index is 0.910. The van der Waals surface area contributed by atoms with Gasteiger partial charge in [0.25, 0.3) is 0 Å². The first-order valence-corrected chi connectivity index (χ1v) is 16.3. The lowest BCUT2D eigenvalue weighted by Crippen LogP contribution is -1.98. The van der Waals surface area contributed by atoms with Gasteiger partial charge in [-0.2, -0.15) is 0 Å². The van der Waals surface area contributed by atoms with E-state index in [0.717, 1.165) is 45.2 Å². The van der Waals surface area contributed by atoms with Crippen LogP contribution in [0.3, 0.4) is 0 Å². The van der Waals surface area contributed by atoms with Gasteiger partial charge in [0, 0.05) is 22.2 Å². The van der Waals surface area contributed by atoms with Crippen molar-refractivity contribution in [2.75, 3.05) is 0 Å². The summed E-state index contributed by atoms with van der Waals surface area (Å²) in [6.07, 6.45) is 0. The van der Waals surface area contributed by atoms with E-state index in [4.69, 9.17) is 9.72 Å². The van der Waals surface area contributed by atoms with E-state index in [1.165, 1.54) is 49.4 Å². The van der Waals surface area contributed by atoms with Crippen LogP contribution in [0, 0.1) is 0 Å². The Morgan fingerprint density at radius 3 is 2.06 bits per heavy atom. The van der Waals surface area contributed by atoms with Crippen LogP contribution < -0.4 is 4.74 Å². The molecule has 3 nitrogen and oxygen atoms in total. The lowest BCUT2D eigenvalue weighted by atomic mass is 9.90. The second-order valence-corrected chi connectivity index (χ2v) is 12.4. The number of fused-ring (bicyclic) bond motifs is 4. The summed E-state index contributed by atoms with van der Waals surface area (Å²) < 4.78 is 8.61. The van der Waals surface area contributed by atoms with Gasteiger partial charge < -0.3 is 4.74 Å². The van der Waals surface area contributed by atoms with E-state index in [-0.39, 0.29) is 0 Å². The first-order chi connectivity index (χ1) is 23.8. The highest BCUT2D eigenvalue weighted by Gasteiger charge is 2.21. The largest absolute Gasteiger partial charge is 0.456 e. The fourth-order valence-corrected chi connectivity index (χ4v) is 7.32. The maximum atomic E-state index is 6.34. The Morgan fingerprint density at radius 2 is 1.15 bits per heavy atom. The van der Waals surface area contributed by atoms with Crippen LogP contribution in [-0.2, 0) is 0 Å². The van der Waals surface area contributed by atoms with E-state index in [0.29, 0.717) is 0 Å². The van der Waals surface area contributed by atoms with Crippen LogP contribution in [-0.4, -0.2) is 9.55 Å². The summed E-state index contributed by atoms with van der Waals surface area (Å²) in [6.45, 7) is 0. The summed E-state index contributed by atoms with van der Waals surface area (Å²) in [4.78, 5) is 5.04. The molecule has 0 amide bonds. The maximum absolute atomic E-state index is 6.34. The lowest BCUT2D eigenvalue weighted by Gasteiger charge is -2.22. The number of para-hydroxylation sites is 3. The first-order valence-electron chi connectivity index (χ1n) is 16.3. The van der Waals surface area contributed by atoms with Crippen molar-refractivity contribution in [1.29, 1.82) is 0 Å². The minimum atomic E-state index is 0.910. The molecule has 0 radical (unpaired) electrons. The average molecular weight is 613 g/mol. The summed E-state index contributed by atoms with van der Waals surface area (Å²) in [5.41, 5.74) is 11.4. The molecule has 224 valence electrons. The molecule has 1 aromatic heterocycles. The summed E-state index contributed by atoms with van der Waals surface area (Å²) in [5.74, 6) is 2.76. The molecule has 8 aromatic carbocycles. The van der Waals surface area contributed by atoms with Crippen molar-refractivity contribution in [3.05, 3.63) is 170 Å². The molecular formula is C45H28N2O. The highest BCUT2D eigenvalue weighted by atomic mass is 16.5. The smallest absolute Gasteiger partial charge is 0.145 e. The van der Waals surface area contributed by atoms with Crippen LogP contribution in [0.2, 0.25) is 0 Å². The molecule has 0 N–H and O–H groups in total. The number of aromatic nitrogens is 2. The fraction of sp³-hybridized carbons (Fsp3) is 0. The van der Waals surface area contributed by atoms with Crippen molar-refractivity contribution < 1.29 is 4.74 Å². The van der Waals surface area contributed by atoms with Crippen molar-refractivity contribution in [2.45, 2.75) is 0 Å². The van der Waals surface area contributed by atoms with Gasteiger partial charge in [0.05, 0.1) is 11.0 Å². The van der Waals surface area contributed by atoms with Crippen LogP contribution in [0.1, 0.15) is 0 Å². The molecule has 48 heavy (non-hydrogen) atoms. The molecule has 3 heteroatoms. The predicted octanol–water partition coefficient (Wildman–Crippen LogP) is 12.1. The molecule has 1 aliphatic heterocycles. The quantitative estimate of drug-likeness (QED) is 0.198. The van der Waals surface area contributed by atoms with Crippen molar-refractivity contribution in [3.8, 4) is 62.0 Å². The predicted molar refractivity (Wildman–Crippen MR) is 198 cm³/mol. The van der Waals surface area contributed by atoms with Crippen LogP contribution in [0.15, 0.2) is 170 Å². The van der Waals surface area contributed by atoms with Crippen molar-refractivity contribution in [1.82, 2.24) is 9.55 Å². The number of rotatable bonds is 4. The van der Waals surface area contributed by atoms with Gasteiger partial charge in [0.1, 0.15) is 17.3 Å². The summed E-state index contributed by atoms with van der Waals surface area (Å²) >= 11 is 0. The molecule has 10 rings (SSSR count). The molecule has 9 aromatic rings. The topological polar surface area (TPSA) is 27.1 Å². The first kappa shape index (κ1) is 26.7. The van der Waals surface area contributed by atoms with E-state index in [9.17, 15) is 0 Å². The number of hydrogen-bond donors (Lipinski definition) is 0.